The highest BCUT2D eigenvalue weighted by Gasteiger charge is 2.16. The molecule has 6 heteroatoms. The van der Waals surface area contributed by atoms with Gasteiger partial charge in [-0.1, -0.05) is 0 Å². The van der Waals surface area contributed by atoms with Crippen molar-refractivity contribution >= 4 is 44.1 Å². The number of ether oxygens (including phenoxy) is 1. The Morgan fingerprint density at radius 2 is 2.27 bits per heavy atom. The molecule has 0 aromatic carbocycles. The Labute approximate surface area is 100.0 Å². The molecule has 0 aliphatic rings. The molecule has 15 heavy (non-hydrogen) atoms. The zero-order valence-corrected chi connectivity index (χ0v) is 10.7. The van der Waals surface area contributed by atoms with Crippen LogP contribution in [0.5, 0.6) is 0 Å². The van der Waals surface area contributed by atoms with Gasteiger partial charge < -0.3 is 9.64 Å². The van der Waals surface area contributed by atoms with E-state index in [0.717, 1.165) is 9.47 Å². The predicted molar refractivity (Wildman–Crippen MR) is 62.1 cm³/mol. The van der Waals surface area contributed by atoms with Crippen molar-refractivity contribution in [3.8, 4) is 0 Å². The van der Waals surface area contributed by atoms with Crippen molar-refractivity contribution in [2.75, 3.05) is 19.1 Å². The highest BCUT2D eigenvalue weighted by Crippen LogP contribution is 2.27. The van der Waals surface area contributed by atoms with Crippen LogP contribution in [-0.4, -0.2) is 26.0 Å². The van der Waals surface area contributed by atoms with Gasteiger partial charge in [0.2, 0.25) is 5.91 Å². The minimum absolute atomic E-state index is 0.234. The smallest absolute Gasteiger partial charge is 0.315 e. The summed E-state index contributed by atoms with van der Waals surface area (Å²) in [6, 6.07) is 1.82. The number of amides is 1. The molecule has 1 aromatic rings. The SMILES string of the molecule is COC(=O)CC(=O)N(C)c1cc(Br)cs1. The summed E-state index contributed by atoms with van der Waals surface area (Å²) in [5.41, 5.74) is 0. The average Bonchev–Trinajstić information content (AvgIpc) is 2.63. The molecule has 0 fully saturated rings. The summed E-state index contributed by atoms with van der Waals surface area (Å²) in [7, 11) is 2.89. The van der Waals surface area contributed by atoms with Crippen molar-refractivity contribution in [1.82, 2.24) is 0 Å². The van der Waals surface area contributed by atoms with E-state index in [1.165, 1.54) is 23.3 Å². The number of methoxy groups -OCH3 is 1. The van der Waals surface area contributed by atoms with Gasteiger partial charge in [0, 0.05) is 16.9 Å². The van der Waals surface area contributed by atoms with Crippen molar-refractivity contribution in [3.63, 3.8) is 0 Å². The number of carbonyl (C=O) groups excluding carboxylic acids is 2. The Morgan fingerprint density at radius 1 is 1.60 bits per heavy atom. The highest BCUT2D eigenvalue weighted by atomic mass is 79.9. The standard InChI is InChI=1S/C9H10BrNO3S/c1-11(7(12)4-9(13)14-2)8-3-6(10)5-15-8/h3,5H,4H2,1-2H3. The molecule has 1 aromatic heterocycles. The van der Waals surface area contributed by atoms with E-state index >= 15 is 0 Å². The van der Waals surface area contributed by atoms with Crippen LogP contribution < -0.4 is 4.90 Å². The van der Waals surface area contributed by atoms with Crippen molar-refractivity contribution in [2.24, 2.45) is 0 Å². The van der Waals surface area contributed by atoms with E-state index in [2.05, 4.69) is 20.7 Å². The Morgan fingerprint density at radius 3 is 2.73 bits per heavy atom. The second-order valence-corrected chi connectivity index (χ2v) is 4.61. The van der Waals surface area contributed by atoms with Crippen molar-refractivity contribution in [1.29, 1.82) is 0 Å². The molecule has 1 heterocycles. The number of anilines is 1. The molecule has 0 spiro atoms. The fourth-order valence-electron chi connectivity index (χ4n) is 0.916. The lowest BCUT2D eigenvalue weighted by Crippen LogP contribution is -2.27. The van der Waals surface area contributed by atoms with Gasteiger partial charge in [0.25, 0.3) is 0 Å². The van der Waals surface area contributed by atoms with E-state index in [1.54, 1.807) is 7.05 Å². The van der Waals surface area contributed by atoms with E-state index in [0.29, 0.717) is 0 Å². The molecule has 0 saturated carbocycles. The average molecular weight is 292 g/mol. The molecule has 0 unspecified atom stereocenters. The van der Waals surface area contributed by atoms with Crippen molar-refractivity contribution in [2.45, 2.75) is 6.42 Å². The van der Waals surface area contributed by atoms with Crippen molar-refractivity contribution < 1.29 is 14.3 Å². The zero-order chi connectivity index (χ0) is 11.4. The number of rotatable bonds is 3. The molecular weight excluding hydrogens is 282 g/mol. The lowest BCUT2D eigenvalue weighted by molar-refractivity contribution is -0.143. The molecule has 1 amide bonds. The first-order valence-electron chi connectivity index (χ1n) is 4.12. The largest absolute Gasteiger partial charge is 0.469 e. The second kappa shape index (κ2) is 5.27. The Bertz CT molecular complexity index is 377. The highest BCUT2D eigenvalue weighted by molar-refractivity contribution is 9.10. The first-order chi connectivity index (χ1) is 7.04. The van der Waals surface area contributed by atoms with E-state index in [4.69, 9.17) is 0 Å². The van der Waals surface area contributed by atoms with E-state index in [-0.39, 0.29) is 12.3 Å². The Hall–Kier alpha value is -0.880. The number of hydrogen-bond acceptors (Lipinski definition) is 4. The number of thiophene rings is 1. The van der Waals surface area contributed by atoms with Crippen molar-refractivity contribution in [3.05, 3.63) is 15.9 Å². The molecular formula is C9H10BrNO3S. The maximum Gasteiger partial charge on any atom is 0.315 e. The summed E-state index contributed by atoms with van der Waals surface area (Å²) in [6.45, 7) is 0. The van der Waals surface area contributed by atoms with Crippen LogP contribution in [0.15, 0.2) is 15.9 Å². The Kier molecular flexibility index (Phi) is 4.28. The van der Waals surface area contributed by atoms with Crippen LogP contribution in [0.1, 0.15) is 6.42 Å². The van der Waals surface area contributed by atoms with E-state index < -0.39 is 5.97 Å². The summed E-state index contributed by atoms with van der Waals surface area (Å²) in [5.74, 6) is -0.807. The van der Waals surface area contributed by atoms with E-state index in [1.807, 2.05) is 11.4 Å². The number of carbonyl (C=O) groups is 2. The number of nitrogens with zero attached hydrogens (tertiary/aromatic N) is 1. The summed E-state index contributed by atoms with van der Waals surface area (Å²) in [6.07, 6.45) is -0.234. The summed E-state index contributed by atoms with van der Waals surface area (Å²) in [4.78, 5) is 23.9. The van der Waals surface area contributed by atoms with Crippen LogP contribution in [0.3, 0.4) is 0 Å². The molecule has 0 saturated heterocycles. The molecule has 0 aliphatic carbocycles. The van der Waals surface area contributed by atoms with Gasteiger partial charge in [-0.25, -0.2) is 0 Å². The van der Waals surface area contributed by atoms with Gasteiger partial charge in [-0.15, -0.1) is 11.3 Å². The number of esters is 1. The maximum absolute atomic E-state index is 11.5. The minimum atomic E-state index is -0.525. The third kappa shape index (κ3) is 3.32. The molecule has 4 nitrogen and oxygen atoms in total. The van der Waals surface area contributed by atoms with Gasteiger partial charge in [0.15, 0.2) is 0 Å². The van der Waals surface area contributed by atoms with Crippen LogP contribution >= 0.6 is 27.3 Å². The fraction of sp³-hybridized carbons (Fsp3) is 0.333. The van der Waals surface area contributed by atoms with Gasteiger partial charge in [0.1, 0.15) is 6.42 Å². The molecule has 82 valence electrons. The molecule has 0 radical (unpaired) electrons. The summed E-state index contributed by atoms with van der Waals surface area (Å²) < 4.78 is 5.34. The third-order valence-corrected chi connectivity index (χ3v) is 3.55. The molecule has 0 bridgehead atoms. The topological polar surface area (TPSA) is 46.6 Å². The van der Waals surface area contributed by atoms with Crippen LogP contribution in [0.4, 0.5) is 5.00 Å². The van der Waals surface area contributed by atoms with Crippen LogP contribution in [-0.2, 0) is 14.3 Å². The zero-order valence-electron chi connectivity index (χ0n) is 8.32. The molecule has 0 N–H and O–H groups in total. The van der Waals surface area contributed by atoms with Gasteiger partial charge in [0.05, 0.1) is 12.1 Å². The van der Waals surface area contributed by atoms with Gasteiger partial charge in [-0.3, -0.25) is 9.59 Å². The van der Waals surface area contributed by atoms with Crippen LogP contribution in [0.2, 0.25) is 0 Å². The second-order valence-electron chi connectivity index (χ2n) is 2.81. The van der Waals surface area contributed by atoms with Gasteiger partial charge in [-0.2, -0.15) is 0 Å². The first-order valence-corrected chi connectivity index (χ1v) is 5.79. The first kappa shape index (κ1) is 12.2. The summed E-state index contributed by atoms with van der Waals surface area (Å²) in [5, 5.41) is 2.66. The van der Waals surface area contributed by atoms with Gasteiger partial charge in [-0.05, 0) is 22.0 Å². The monoisotopic (exact) mass is 291 g/mol. The van der Waals surface area contributed by atoms with Gasteiger partial charge >= 0.3 is 5.97 Å². The van der Waals surface area contributed by atoms with Crippen LogP contribution in [0, 0.1) is 0 Å². The number of hydrogen-bond donors (Lipinski definition) is 0. The van der Waals surface area contributed by atoms with Crippen LogP contribution in [0.25, 0.3) is 0 Å². The lowest BCUT2D eigenvalue weighted by atomic mass is 10.4. The maximum atomic E-state index is 11.5. The predicted octanol–water partition coefficient (Wildman–Crippen LogP) is 2.04. The lowest BCUT2D eigenvalue weighted by Gasteiger charge is -2.13. The Balaban J connectivity index is 2.64. The quantitative estimate of drug-likeness (QED) is 0.632. The molecule has 1 rings (SSSR count). The summed E-state index contributed by atoms with van der Waals surface area (Å²) >= 11 is 4.72. The minimum Gasteiger partial charge on any atom is -0.469 e. The van der Waals surface area contributed by atoms with E-state index in [9.17, 15) is 9.59 Å². The number of halogens is 1. The molecule has 0 aliphatic heterocycles. The third-order valence-electron chi connectivity index (χ3n) is 1.78. The normalized spacial score (nSPS) is 9.80. The molecule has 0 atom stereocenters. The fourth-order valence-corrected chi connectivity index (χ4v) is 2.32.